The topological polar surface area (TPSA) is 43.1 Å². The highest BCUT2D eigenvalue weighted by Gasteiger charge is 2.08. The van der Waals surface area contributed by atoms with Crippen molar-refractivity contribution in [1.29, 1.82) is 0 Å². The lowest BCUT2D eigenvalue weighted by atomic mass is 10.2. The number of halogens is 2. The first kappa shape index (κ1) is 13.2. The zero-order valence-corrected chi connectivity index (χ0v) is 11.8. The summed E-state index contributed by atoms with van der Waals surface area (Å²) in [7, 11) is -1.20. The maximum atomic E-state index is 12.8. The molecular formula is C13H11BrFNOS. The van der Waals surface area contributed by atoms with Crippen LogP contribution >= 0.6 is 15.9 Å². The Bertz CT molecular complexity index is 586. The fourth-order valence-electron chi connectivity index (χ4n) is 1.49. The van der Waals surface area contributed by atoms with Crippen LogP contribution in [0.25, 0.3) is 0 Å². The molecule has 0 saturated heterocycles. The maximum absolute atomic E-state index is 12.8. The molecule has 2 aromatic carbocycles. The lowest BCUT2D eigenvalue weighted by Gasteiger charge is -2.06. The summed E-state index contributed by atoms with van der Waals surface area (Å²) in [5, 5.41) is 0. The second-order valence-electron chi connectivity index (χ2n) is 3.79. The summed E-state index contributed by atoms with van der Waals surface area (Å²) in [6.07, 6.45) is 0. The third kappa shape index (κ3) is 3.17. The second kappa shape index (κ2) is 5.63. The highest BCUT2D eigenvalue weighted by atomic mass is 79.9. The van der Waals surface area contributed by atoms with Crippen molar-refractivity contribution in [3.8, 4) is 0 Å². The van der Waals surface area contributed by atoms with Crippen molar-refractivity contribution in [3.63, 3.8) is 0 Å². The number of nitrogen functional groups attached to an aromatic ring is 1. The van der Waals surface area contributed by atoms with Crippen LogP contribution in [0.4, 0.5) is 10.1 Å². The van der Waals surface area contributed by atoms with E-state index >= 15 is 0 Å². The minimum absolute atomic E-state index is 0.329. The van der Waals surface area contributed by atoms with Gasteiger partial charge in [-0.2, -0.15) is 0 Å². The molecule has 1 atom stereocenters. The monoisotopic (exact) mass is 327 g/mol. The van der Waals surface area contributed by atoms with Gasteiger partial charge in [0.15, 0.2) is 0 Å². The number of hydrogen-bond acceptors (Lipinski definition) is 2. The van der Waals surface area contributed by atoms with Gasteiger partial charge in [0.2, 0.25) is 0 Å². The molecule has 5 heteroatoms. The third-order valence-corrected chi connectivity index (χ3v) is 4.55. The Kier molecular flexibility index (Phi) is 4.14. The zero-order chi connectivity index (χ0) is 13.1. The molecule has 94 valence electrons. The summed E-state index contributed by atoms with van der Waals surface area (Å²) < 4.78 is 25.7. The summed E-state index contributed by atoms with van der Waals surface area (Å²) in [5.74, 6) is 0.0383. The van der Waals surface area contributed by atoms with Crippen LogP contribution in [0.5, 0.6) is 0 Å². The maximum Gasteiger partial charge on any atom is 0.123 e. The van der Waals surface area contributed by atoms with Gasteiger partial charge in [-0.1, -0.05) is 22.0 Å². The average molecular weight is 328 g/mol. The van der Waals surface area contributed by atoms with Gasteiger partial charge in [0, 0.05) is 15.1 Å². The van der Waals surface area contributed by atoms with Gasteiger partial charge in [0.25, 0.3) is 0 Å². The molecule has 0 aromatic heterocycles. The molecule has 18 heavy (non-hydrogen) atoms. The molecular weight excluding hydrogens is 317 g/mol. The highest BCUT2D eigenvalue weighted by molar-refractivity contribution is 9.10. The first-order chi connectivity index (χ1) is 8.56. The molecule has 2 N–H and O–H groups in total. The Balaban J connectivity index is 2.18. The first-order valence-corrected chi connectivity index (χ1v) is 7.35. The van der Waals surface area contributed by atoms with Gasteiger partial charge >= 0.3 is 0 Å². The van der Waals surface area contributed by atoms with Crippen molar-refractivity contribution < 1.29 is 8.60 Å². The Hall–Kier alpha value is -1.20. The van der Waals surface area contributed by atoms with Crippen molar-refractivity contribution in [1.82, 2.24) is 0 Å². The fourth-order valence-corrected chi connectivity index (χ4v) is 3.35. The van der Waals surface area contributed by atoms with Crippen molar-refractivity contribution in [2.24, 2.45) is 0 Å². The number of anilines is 1. The standard InChI is InChI=1S/C13H11BrFNOS/c14-13-7-11(16)4-1-9(13)8-18(17)12-5-2-10(15)3-6-12/h1-7H,8,16H2. The smallest absolute Gasteiger partial charge is 0.123 e. The van der Waals surface area contributed by atoms with E-state index in [-0.39, 0.29) is 5.82 Å². The van der Waals surface area contributed by atoms with Crippen LogP contribution in [-0.4, -0.2) is 4.21 Å². The highest BCUT2D eigenvalue weighted by Crippen LogP contribution is 2.23. The first-order valence-electron chi connectivity index (χ1n) is 5.24. The molecule has 0 aliphatic carbocycles. The fraction of sp³-hybridized carbons (Fsp3) is 0.0769. The van der Waals surface area contributed by atoms with Crippen molar-refractivity contribution in [3.05, 3.63) is 58.3 Å². The molecule has 2 aromatic rings. The Morgan fingerprint density at radius 2 is 1.83 bits per heavy atom. The minimum atomic E-state index is -1.20. The average Bonchev–Trinajstić information content (AvgIpc) is 2.33. The van der Waals surface area contributed by atoms with Crippen LogP contribution in [0.15, 0.2) is 51.8 Å². The lowest BCUT2D eigenvalue weighted by Crippen LogP contribution is -1.98. The van der Waals surface area contributed by atoms with Crippen molar-refractivity contribution in [2.45, 2.75) is 10.6 Å². The van der Waals surface area contributed by atoms with E-state index in [0.717, 1.165) is 10.0 Å². The molecule has 0 heterocycles. The van der Waals surface area contributed by atoms with Gasteiger partial charge in [0.1, 0.15) is 5.82 Å². The Morgan fingerprint density at radius 3 is 2.44 bits per heavy atom. The number of benzene rings is 2. The van der Waals surface area contributed by atoms with Gasteiger partial charge < -0.3 is 5.73 Å². The summed E-state index contributed by atoms with van der Waals surface area (Å²) >= 11 is 3.39. The van der Waals surface area contributed by atoms with Gasteiger partial charge in [-0.25, -0.2) is 4.39 Å². The number of rotatable bonds is 3. The van der Waals surface area contributed by atoms with Crippen molar-refractivity contribution >= 4 is 32.4 Å². The largest absolute Gasteiger partial charge is 0.399 e. The molecule has 2 rings (SSSR count). The molecule has 0 fully saturated rings. The quantitative estimate of drug-likeness (QED) is 0.877. The molecule has 0 radical (unpaired) electrons. The van der Waals surface area contributed by atoms with Crippen LogP contribution in [-0.2, 0) is 16.6 Å². The normalized spacial score (nSPS) is 12.3. The summed E-state index contributed by atoms with van der Waals surface area (Å²) in [6, 6.07) is 11.1. The van der Waals surface area contributed by atoms with Gasteiger partial charge in [0.05, 0.1) is 16.6 Å². The number of nitrogens with two attached hydrogens (primary N) is 1. The van der Waals surface area contributed by atoms with E-state index in [0.29, 0.717) is 16.3 Å². The van der Waals surface area contributed by atoms with E-state index in [1.165, 1.54) is 24.3 Å². The van der Waals surface area contributed by atoms with E-state index < -0.39 is 10.8 Å². The van der Waals surface area contributed by atoms with E-state index in [9.17, 15) is 8.60 Å². The van der Waals surface area contributed by atoms with Crippen LogP contribution < -0.4 is 5.73 Å². The molecule has 0 aliphatic heterocycles. The Morgan fingerprint density at radius 1 is 1.17 bits per heavy atom. The molecule has 0 saturated carbocycles. The molecule has 0 spiro atoms. The third-order valence-electron chi connectivity index (χ3n) is 2.44. The van der Waals surface area contributed by atoms with E-state index in [1.807, 2.05) is 6.07 Å². The van der Waals surface area contributed by atoms with Crippen LogP contribution in [0, 0.1) is 5.82 Å². The predicted octanol–water partition coefficient (Wildman–Crippen LogP) is 3.48. The van der Waals surface area contributed by atoms with Crippen molar-refractivity contribution in [2.75, 3.05) is 5.73 Å². The minimum Gasteiger partial charge on any atom is -0.399 e. The molecule has 1 unspecified atom stereocenters. The molecule has 0 bridgehead atoms. The summed E-state index contributed by atoms with van der Waals surface area (Å²) in [6.45, 7) is 0. The summed E-state index contributed by atoms with van der Waals surface area (Å²) in [5.41, 5.74) is 7.20. The van der Waals surface area contributed by atoms with Gasteiger partial charge in [-0.3, -0.25) is 4.21 Å². The van der Waals surface area contributed by atoms with E-state index in [1.54, 1.807) is 12.1 Å². The van der Waals surface area contributed by atoms with Crippen LogP contribution in [0.2, 0.25) is 0 Å². The Labute approximate surface area is 116 Å². The molecule has 0 amide bonds. The van der Waals surface area contributed by atoms with E-state index in [2.05, 4.69) is 15.9 Å². The van der Waals surface area contributed by atoms with Crippen LogP contribution in [0.1, 0.15) is 5.56 Å². The predicted molar refractivity (Wildman–Crippen MR) is 75.1 cm³/mol. The molecule has 0 aliphatic rings. The van der Waals surface area contributed by atoms with Crippen LogP contribution in [0.3, 0.4) is 0 Å². The summed E-state index contributed by atoms with van der Waals surface area (Å²) in [4.78, 5) is 0.611. The van der Waals surface area contributed by atoms with Gasteiger partial charge in [-0.05, 0) is 42.0 Å². The van der Waals surface area contributed by atoms with Gasteiger partial charge in [-0.15, -0.1) is 0 Å². The SMILES string of the molecule is Nc1ccc(CS(=O)c2ccc(F)cc2)c(Br)c1. The molecule has 2 nitrogen and oxygen atoms in total. The number of hydrogen-bond donors (Lipinski definition) is 1. The van der Waals surface area contributed by atoms with E-state index in [4.69, 9.17) is 5.73 Å². The zero-order valence-electron chi connectivity index (χ0n) is 9.40. The second-order valence-corrected chi connectivity index (χ2v) is 6.10. The lowest BCUT2D eigenvalue weighted by molar-refractivity contribution is 0.626.